The summed E-state index contributed by atoms with van der Waals surface area (Å²) in [4.78, 5) is 27.3. The largest absolute Gasteiger partial charge is 0.465 e. The number of nitrogens with zero attached hydrogens (tertiary/aromatic N) is 3. The number of rotatable bonds is 2. The van der Waals surface area contributed by atoms with Crippen LogP contribution in [0.1, 0.15) is 46.2 Å². The predicted molar refractivity (Wildman–Crippen MR) is 95.0 cm³/mol. The van der Waals surface area contributed by atoms with Crippen LogP contribution in [0.2, 0.25) is 0 Å². The lowest BCUT2D eigenvalue weighted by Gasteiger charge is -2.45. The Morgan fingerprint density at radius 3 is 2.96 bits per heavy atom. The second-order valence-corrected chi connectivity index (χ2v) is 6.86. The highest BCUT2D eigenvalue weighted by molar-refractivity contribution is 5.98. The van der Waals surface area contributed by atoms with E-state index in [2.05, 4.69) is 10.4 Å². The maximum absolute atomic E-state index is 13.0. The number of likely N-dealkylation sites (tertiary alicyclic amines) is 1. The van der Waals surface area contributed by atoms with E-state index in [4.69, 9.17) is 4.74 Å². The van der Waals surface area contributed by atoms with Gasteiger partial charge in [0.05, 0.1) is 23.4 Å². The molecular weight excluding hydrogens is 332 g/mol. The highest BCUT2D eigenvalue weighted by atomic mass is 16.5. The quantitative estimate of drug-likeness (QED) is 0.894. The summed E-state index contributed by atoms with van der Waals surface area (Å²) in [5, 5.41) is 7.34. The topological polar surface area (TPSA) is 76.5 Å². The van der Waals surface area contributed by atoms with Gasteiger partial charge in [0.2, 0.25) is 5.72 Å². The molecule has 0 aliphatic carbocycles. The third kappa shape index (κ3) is 2.73. The molecule has 7 nitrogen and oxygen atoms in total. The monoisotopic (exact) mass is 354 g/mol. The lowest BCUT2D eigenvalue weighted by atomic mass is 9.97. The third-order valence-corrected chi connectivity index (χ3v) is 5.02. The molecule has 1 spiro atoms. The second-order valence-electron chi connectivity index (χ2n) is 6.86. The van der Waals surface area contributed by atoms with E-state index in [1.54, 1.807) is 27.9 Å². The molecule has 2 aromatic rings. The van der Waals surface area contributed by atoms with Crippen LogP contribution in [-0.4, -0.2) is 45.3 Å². The molecular formula is C19H22N4O3. The highest BCUT2D eigenvalue weighted by Crippen LogP contribution is 2.33. The van der Waals surface area contributed by atoms with Gasteiger partial charge in [-0.1, -0.05) is 12.1 Å². The molecule has 1 aromatic heterocycles. The summed E-state index contributed by atoms with van der Waals surface area (Å²) in [5.41, 5.74) is 0.983. The number of hydrogen-bond donors (Lipinski definition) is 1. The van der Waals surface area contributed by atoms with E-state index in [-0.39, 0.29) is 11.8 Å². The van der Waals surface area contributed by atoms with E-state index in [1.807, 2.05) is 26.0 Å². The normalized spacial score (nSPS) is 21.9. The van der Waals surface area contributed by atoms with Crippen LogP contribution in [0.15, 0.2) is 30.5 Å². The first-order valence-corrected chi connectivity index (χ1v) is 8.95. The molecule has 136 valence electrons. The van der Waals surface area contributed by atoms with Crippen molar-refractivity contribution in [2.45, 2.75) is 39.0 Å². The number of carbonyl (C=O) groups excluding carboxylic acids is 2. The predicted octanol–water partition coefficient (Wildman–Crippen LogP) is 1.97. The zero-order valence-corrected chi connectivity index (χ0v) is 15.0. The Hall–Kier alpha value is -2.83. The summed E-state index contributed by atoms with van der Waals surface area (Å²) >= 11 is 0. The Labute approximate surface area is 151 Å². The van der Waals surface area contributed by atoms with Crippen LogP contribution >= 0.6 is 0 Å². The van der Waals surface area contributed by atoms with E-state index in [1.165, 1.54) is 0 Å². The minimum Gasteiger partial charge on any atom is -0.465 e. The lowest BCUT2D eigenvalue weighted by Crippen LogP contribution is -2.64. The molecule has 1 aromatic carbocycles. The van der Waals surface area contributed by atoms with E-state index < -0.39 is 5.72 Å². The minimum atomic E-state index is -0.867. The molecule has 0 unspecified atom stereocenters. The van der Waals surface area contributed by atoms with Crippen LogP contribution in [0.3, 0.4) is 0 Å². The lowest BCUT2D eigenvalue weighted by molar-refractivity contribution is -0.0314. The fraction of sp³-hybridized carbons (Fsp3) is 0.421. The first-order chi connectivity index (χ1) is 12.5. The molecule has 1 fully saturated rings. The molecule has 0 radical (unpaired) electrons. The summed E-state index contributed by atoms with van der Waals surface area (Å²) in [7, 11) is 0. The highest BCUT2D eigenvalue weighted by Gasteiger charge is 2.44. The summed E-state index contributed by atoms with van der Waals surface area (Å²) in [6.45, 7) is 5.50. The number of aryl methyl sites for hydroxylation is 2. The van der Waals surface area contributed by atoms with Crippen LogP contribution in [0.4, 0.5) is 0 Å². The standard InChI is InChI=1S/C19H22N4O3/c1-3-23-11-15(13(2)21-23)18(25)22-10-6-9-19(12-22)20-17(24)14-7-4-5-8-16(14)26-19/h4-5,7-8,11H,3,6,9-10,12H2,1-2H3,(H,20,24)/t19-/m0/s1. The van der Waals surface area contributed by atoms with Gasteiger partial charge in [-0.15, -0.1) is 0 Å². The molecule has 4 rings (SSSR count). The molecule has 1 saturated heterocycles. The number of nitrogens with one attached hydrogen (secondary N) is 1. The van der Waals surface area contributed by atoms with Crippen molar-refractivity contribution >= 4 is 11.8 Å². The SMILES string of the molecule is CCn1cc(C(=O)N2CCC[C@]3(C2)NC(=O)c2ccccc2O3)c(C)n1. The number of fused-ring (bicyclic) bond motifs is 1. The average molecular weight is 354 g/mol. The van der Waals surface area contributed by atoms with Gasteiger partial charge in [-0.05, 0) is 32.4 Å². The van der Waals surface area contributed by atoms with Crippen LogP contribution in [0.25, 0.3) is 0 Å². The fourth-order valence-corrected chi connectivity index (χ4v) is 3.69. The van der Waals surface area contributed by atoms with E-state index in [0.717, 1.165) is 12.1 Å². The van der Waals surface area contributed by atoms with E-state index in [9.17, 15) is 9.59 Å². The molecule has 2 aliphatic heterocycles. The van der Waals surface area contributed by atoms with Crippen LogP contribution in [0, 0.1) is 6.92 Å². The van der Waals surface area contributed by atoms with Gasteiger partial charge >= 0.3 is 0 Å². The van der Waals surface area contributed by atoms with Crippen LogP contribution < -0.4 is 10.1 Å². The Balaban J connectivity index is 1.59. The minimum absolute atomic E-state index is 0.0713. The van der Waals surface area contributed by atoms with Crippen molar-refractivity contribution in [3.8, 4) is 5.75 Å². The second kappa shape index (κ2) is 6.16. The van der Waals surface area contributed by atoms with Crippen molar-refractivity contribution < 1.29 is 14.3 Å². The van der Waals surface area contributed by atoms with Gasteiger partial charge in [-0.2, -0.15) is 5.10 Å². The van der Waals surface area contributed by atoms with Crippen molar-refractivity contribution in [3.63, 3.8) is 0 Å². The Morgan fingerprint density at radius 2 is 2.19 bits per heavy atom. The summed E-state index contributed by atoms with van der Waals surface area (Å²) in [5.74, 6) is 0.342. The summed E-state index contributed by atoms with van der Waals surface area (Å²) < 4.78 is 7.92. The molecule has 2 amide bonds. The van der Waals surface area contributed by atoms with E-state index >= 15 is 0 Å². The Kier molecular flexibility index (Phi) is 3.94. The maximum Gasteiger partial charge on any atom is 0.258 e. The van der Waals surface area contributed by atoms with Crippen molar-refractivity contribution in [1.82, 2.24) is 20.0 Å². The molecule has 7 heteroatoms. The first kappa shape index (κ1) is 16.6. The van der Waals surface area contributed by atoms with Gasteiger partial charge < -0.3 is 15.0 Å². The van der Waals surface area contributed by atoms with Gasteiger partial charge in [0.1, 0.15) is 5.75 Å². The number of carbonyl (C=O) groups is 2. The van der Waals surface area contributed by atoms with Gasteiger partial charge in [-0.25, -0.2) is 0 Å². The number of aromatic nitrogens is 2. The number of benzene rings is 1. The van der Waals surface area contributed by atoms with Crippen molar-refractivity contribution in [3.05, 3.63) is 47.3 Å². The average Bonchev–Trinajstić information content (AvgIpc) is 3.02. The number of amides is 2. The molecule has 0 bridgehead atoms. The zero-order chi connectivity index (χ0) is 18.3. The first-order valence-electron chi connectivity index (χ1n) is 8.95. The van der Waals surface area contributed by atoms with Crippen molar-refractivity contribution in [1.29, 1.82) is 0 Å². The Morgan fingerprint density at radius 1 is 1.38 bits per heavy atom. The van der Waals surface area contributed by atoms with Crippen LogP contribution in [0.5, 0.6) is 5.75 Å². The van der Waals surface area contributed by atoms with Crippen molar-refractivity contribution in [2.75, 3.05) is 13.1 Å². The molecule has 2 aliphatic rings. The molecule has 0 saturated carbocycles. The van der Waals surface area contributed by atoms with Gasteiger partial charge in [0, 0.05) is 25.7 Å². The van der Waals surface area contributed by atoms with Gasteiger partial charge in [0.25, 0.3) is 11.8 Å². The van der Waals surface area contributed by atoms with Crippen LogP contribution in [-0.2, 0) is 6.54 Å². The molecule has 1 atom stereocenters. The van der Waals surface area contributed by atoms with E-state index in [0.29, 0.717) is 42.9 Å². The smallest absolute Gasteiger partial charge is 0.258 e. The third-order valence-electron chi connectivity index (χ3n) is 5.02. The Bertz CT molecular complexity index is 875. The fourth-order valence-electron chi connectivity index (χ4n) is 3.69. The number of hydrogen-bond acceptors (Lipinski definition) is 4. The molecule has 3 heterocycles. The number of ether oxygens (including phenoxy) is 1. The number of piperidine rings is 1. The van der Waals surface area contributed by atoms with Crippen molar-refractivity contribution in [2.24, 2.45) is 0 Å². The summed E-state index contributed by atoms with van der Waals surface area (Å²) in [6, 6.07) is 7.20. The van der Waals surface area contributed by atoms with Gasteiger partial charge in [0.15, 0.2) is 0 Å². The van der Waals surface area contributed by atoms with Gasteiger partial charge in [-0.3, -0.25) is 14.3 Å². The summed E-state index contributed by atoms with van der Waals surface area (Å²) in [6.07, 6.45) is 3.22. The zero-order valence-electron chi connectivity index (χ0n) is 15.0. The molecule has 26 heavy (non-hydrogen) atoms. The number of para-hydroxylation sites is 1. The maximum atomic E-state index is 13.0. The molecule has 1 N–H and O–H groups in total.